The molecule has 0 radical (unpaired) electrons. The minimum absolute atomic E-state index is 0.373. The molecule has 4 aromatic rings. The van der Waals surface area contributed by atoms with Crippen LogP contribution in [-0.2, 0) is 12.3 Å². The predicted octanol–water partition coefficient (Wildman–Crippen LogP) is 4.43. The summed E-state index contributed by atoms with van der Waals surface area (Å²) in [4.78, 5) is 13.0. The van der Waals surface area contributed by atoms with Crippen molar-refractivity contribution in [1.82, 2.24) is 14.8 Å². The maximum Gasteiger partial charge on any atom is 0.336 e. The Morgan fingerprint density at radius 3 is 2.89 bits per heavy atom. The van der Waals surface area contributed by atoms with Crippen LogP contribution in [0.4, 0.5) is 0 Å². The average Bonchev–Trinajstić information content (AvgIpc) is 3.34. The van der Waals surface area contributed by atoms with E-state index in [1.165, 1.54) is 6.07 Å². The van der Waals surface area contributed by atoms with E-state index in [1.807, 2.05) is 29.6 Å². The standard InChI is InChI=1S/C19H17N3O3S2/c1-3-22-18(16-5-4-8-26-16)20-21-19(22)27-11-12-9-17(23)25-15-10-13(24-2)6-7-14(12)15/h4-10H,3,11H2,1-2H3. The molecule has 8 heteroatoms. The SMILES string of the molecule is CCn1c(SCc2cc(=O)oc3cc(OC)ccc23)nnc1-c1cccs1. The summed E-state index contributed by atoms with van der Waals surface area (Å²) in [5.74, 6) is 2.12. The molecule has 0 bridgehead atoms. The molecular formula is C19H17N3O3S2. The largest absolute Gasteiger partial charge is 0.497 e. The normalized spacial score (nSPS) is 11.2. The molecule has 0 saturated carbocycles. The molecule has 3 aromatic heterocycles. The minimum atomic E-state index is -0.373. The molecule has 0 aliphatic rings. The number of fused-ring (bicyclic) bond motifs is 1. The van der Waals surface area contributed by atoms with Crippen molar-refractivity contribution >= 4 is 34.1 Å². The van der Waals surface area contributed by atoms with E-state index in [-0.39, 0.29) is 5.63 Å². The second kappa shape index (κ2) is 7.58. The summed E-state index contributed by atoms with van der Waals surface area (Å²) in [6, 6.07) is 11.1. The van der Waals surface area contributed by atoms with Crippen LogP contribution in [-0.4, -0.2) is 21.9 Å². The predicted molar refractivity (Wildman–Crippen MR) is 108 cm³/mol. The molecule has 0 aliphatic carbocycles. The minimum Gasteiger partial charge on any atom is -0.497 e. The van der Waals surface area contributed by atoms with Gasteiger partial charge in [0.25, 0.3) is 0 Å². The molecule has 0 fully saturated rings. The van der Waals surface area contributed by atoms with Crippen molar-refractivity contribution < 1.29 is 9.15 Å². The van der Waals surface area contributed by atoms with Crippen LogP contribution in [0.1, 0.15) is 12.5 Å². The molecule has 0 saturated heterocycles. The van der Waals surface area contributed by atoms with Crippen LogP contribution in [0.5, 0.6) is 5.75 Å². The first-order valence-electron chi connectivity index (χ1n) is 8.40. The molecule has 3 heterocycles. The number of ether oxygens (including phenoxy) is 1. The molecule has 0 atom stereocenters. The highest BCUT2D eigenvalue weighted by atomic mass is 32.2. The van der Waals surface area contributed by atoms with Gasteiger partial charge >= 0.3 is 5.63 Å². The summed E-state index contributed by atoms with van der Waals surface area (Å²) in [5.41, 5.74) is 1.05. The number of aromatic nitrogens is 3. The first-order valence-corrected chi connectivity index (χ1v) is 10.3. The third kappa shape index (κ3) is 3.50. The maximum absolute atomic E-state index is 11.9. The van der Waals surface area contributed by atoms with E-state index >= 15 is 0 Å². The molecule has 6 nitrogen and oxygen atoms in total. The maximum atomic E-state index is 11.9. The van der Waals surface area contributed by atoms with E-state index in [0.717, 1.165) is 33.4 Å². The monoisotopic (exact) mass is 399 g/mol. The van der Waals surface area contributed by atoms with E-state index < -0.39 is 0 Å². The van der Waals surface area contributed by atoms with Gasteiger partial charge in [0.2, 0.25) is 0 Å². The van der Waals surface area contributed by atoms with Crippen LogP contribution in [0.2, 0.25) is 0 Å². The Bertz CT molecular complexity index is 1130. The second-order valence-electron chi connectivity index (χ2n) is 5.77. The first-order chi connectivity index (χ1) is 13.2. The summed E-state index contributed by atoms with van der Waals surface area (Å²) in [7, 11) is 1.59. The average molecular weight is 399 g/mol. The molecule has 138 valence electrons. The number of nitrogens with zero attached hydrogens (tertiary/aromatic N) is 3. The van der Waals surface area contributed by atoms with Crippen molar-refractivity contribution in [2.24, 2.45) is 0 Å². The van der Waals surface area contributed by atoms with Gasteiger partial charge in [0.05, 0.1) is 12.0 Å². The summed E-state index contributed by atoms with van der Waals surface area (Å²) >= 11 is 3.20. The molecule has 0 aliphatic heterocycles. The summed E-state index contributed by atoms with van der Waals surface area (Å²) in [6.07, 6.45) is 0. The van der Waals surface area contributed by atoms with Crippen LogP contribution in [0.15, 0.2) is 56.1 Å². The zero-order valence-corrected chi connectivity index (χ0v) is 16.5. The van der Waals surface area contributed by atoms with Gasteiger partial charge < -0.3 is 13.7 Å². The smallest absolute Gasteiger partial charge is 0.336 e. The molecule has 0 N–H and O–H groups in total. The lowest BCUT2D eigenvalue weighted by Crippen LogP contribution is -2.02. The van der Waals surface area contributed by atoms with Gasteiger partial charge in [-0.25, -0.2) is 4.79 Å². The van der Waals surface area contributed by atoms with Crippen LogP contribution in [0, 0.1) is 0 Å². The van der Waals surface area contributed by atoms with E-state index in [9.17, 15) is 4.79 Å². The highest BCUT2D eigenvalue weighted by molar-refractivity contribution is 7.98. The zero-order chi connectivity index (χ0) is 18.8. The van der Waals surface area contributed by atoms with E-state index in [4.69, 9.17) is 9.15 Å². The number of methoxy groups -OCH3 is 1. The topological polar surface area (TPSA) is 70.2 Å². The van der Waals surface area contributed by atoms with Crippen molar-refractivity contribution in [3.8, 4) is 16.5 Å². The Kier molecular flexibility index (Phi) is 5.00. The van der Waals surface area contributed by atoms with Gasteiger partial charge in [-0.05, 0) is 36.1 Å². The van der Waals surface area contributed by atoms with Gasteiger partial charge in [-0.15, -0.1) is 21.5 Å². The quantitative estimate of drug-likeness (QED) is 0.353. The van der Waals surface area contributed by atoms with Crippen LogP contribution < -0.4 is 10.4 Å². The zero-order valence-electron chi connectivity index (χ0n) is 14.8. The third-order valence-corrected chi connectivity index (χ3v) is 6.05. The Hall–Kier alpha value is -2.58. The van der Waals surface area contributed by atoms with Crippen molar-refractivity contribution in [3.63, 3.8) is 0 Å². The lowest BCUT2D eigenvalue weighted by atomic mass is 10.1. The van der Waals surface area contributed by atoms with E-state index in [1.54, 1.807) is 36.3 Å². The Labute approximate surface area is 163 Å². The van der Waals surface area contributed by atoms with E-state index in [2.05, 4.69) is 21.7 Å². The van der Waals surface area contributed by atoms with Gasteiger partial charge in [0.1, 0.15) is 11.3 Å². The third-order valence-electron chi connectivity index (χ3n) is 4.17. The fraction of sp³-hybridized carbons (Fsp3) is 0.211. The molecule has 0 unspecified atom stereocenters. The lowest BCUT2D eigenvalue weighted by molar-refractivity contribution is 0.414. The van der Waals surface area contributed by atoms with Crippen LogP contribution in [0.25, 0.3) is 21.7 Å². The Morgan fingerprint density at radius 1 is 1.26 bits per heavy atom. The molecule has 4 rings (SSSR count). The number of hydrogen-bond acceptors (Lipinski definition) is 7. The van der Waals surface area contributed by atoms with Gasteiger partial charge in [-0.3, -0.25) is 0 Å². The highest BCUT2D eigenvalue weighted by Crippen LogP contribution is 2.30. The Balaban J connectivity index is 1.65. The van der Waals surface area contributed by atoms with Gasteiger partial charge in [0, 0.05) is 29.8 Å². The van der Waals surface area contributed by atoms with Crippen LogP contribution >= 0.6 is 23.1 Å². The van der Waals surface area contributed by atoms with Crippen molar-refractivity contribution in [1.29, 1.82) is 0 Å². The fourth-order valence-corrected chi connectivity index (χ4v) is 4.58. The number of benzene rings is 1. The summed E-state index contributed by atoms with van der Waals surface area (Å²) in [6.45, 7) is 2.85. The van der Waals surface area contributed by atoms with E-state index in [0.29, 0.717) is 17.1 Å². The highest BCUT2D eigenvalue weighted by Gasteiger charge is 2.15. The lowest BCUT2D eigenvalue weighted by Gasteiger charge is -2.08. The molecule has 0 amide bonds. The van der Waals surface area contributed by atoms with Crippen molar-refractivity contribution in [2.45, 2.75) is 24.4 Å². The number of rotatable bonds is 6. The van der Waals surface area contributed by atoms with Gasteiger partial charge in [0.15, 0.2) is 11.0 Å². The first kappa shape index (κ1) is 17.8. The molecule has 1 aromatic carbocycles. The van der Waals surface area contributed by atoms with Gasteiger partial charge in [-0.2, -0.15) is 0 Å². The molecular weight excluding hydrogens is 382 g/mol. The number of thioether (sulfide) groups is 1. The molecule has 27 heavy (non-hydrogen) atoms. The molecule has 0 spiro atoms. The summed E-state index contributed by atoms with van der Waals surface area (Å²) in [5, 5.41) is 12.4. The van der Waals surface area contributed by atoms with Crippen LogP contribution in [0.3, 0.4) is 0 Å². The number of hydrogen-bond donors (Lipinski definition) is 0. The second-order valence-corrected chi connectivity index (χ2v) is 7.66. The Morgan fingerprint density at radius 2 is 2.15 bits per heavy atom. The summed E-state index contributed by atoms with van der Waals surface area (Å²) < 4.78 is 12.6. The van der Waals surface area contributed by atoms with Crippen molar-refractivity contribution in [2.75, 3.05) is 7.11 Å². The van der Waals surface area contributed by atoms with Gasteiger partial charge in [-0.1, -0.05) is 17.8 Å². The fourth-order valence-electron chi connectivity index (χ4n) is 2.87. The van der Waals surface area contributed by atoms with Crippen molar-refractivity contribution in [3.05, 3.63) is 57.8 Å². The number of thiophene rings is 1.